The molecule has 6 heteroatoms. The van der Waals surface area contributed by atoms with Crippen LogP contribution in [0.4, 0.5) is 0 Å². The molecule has 0 bridgehead atoms. The summed E-state index contributed by atoms with van der Waals surface area (Å²) in [6.45, 7) is 1.58. The van der Waals surface area contributed by atoms with Crippen molar-refractivity contribution in [1.82, 2.24) is 0 Å². The lowest BCUT2D eigenvalue weighted by atomic mass is 10.1. The lowest BCUT2D eigenvalue weighted by molar-refractivity contribution is -0.138. The van der Waals surface area contributed by atoms with Gasteiger partial charge < -0.3 is 21.7 Å². The molecule has 0 heterocycles. The first-order valence-corrected chi connectivity index (χ1v) is 10.4. The molecule has 0 aliphatic heterocycles. The number of carboxylic acids is 2. The Balaban J connectivity index is 0. The van der Waals surface area contributed by atoms with Crippen molar-refractivity contribution in [2.24, 2.45) is 11.5 Å². The zero-order valence-electron chi connectivity index (χ0n) is 16.6. The van der Waals surface area contributed by atoms with E-state index in [1.165, 1.54) is 44.9 Å². The molecule has 0 rings (SSSR count). The summed E-state index contributed by atoms with van der Waals surface area (Å²) in [5.41, 5.74) is 10.7. The Morgan fingerprint density at radius 1 is 0.462 bits per heavy atom. The lowest BCUT2D eigenvalue weighted by Crippen LogP contribution is -1.97. The van der Waals surface area contributed by atoms with Crippen molar-refractivity contribution in [2.75, 3.05) is 13.1 Å². The van der Waals surface area contributed by atoms with Gasteiger partial charge in [0.1, 0.15) is 0 Å². The molecule has 0 spiro atoms. The van der Waals surface area contributed by atoms with Gasteiger partial charge in [-0.1, -0.05) is 64.2 Å². The minimum absolute atomic E-state index is 0.316. The molecule has 0 atom stereocenters. The van der Waals surface area contributed by atoms with E-state index in [-0.39, 0.29) is 0 Å². The number of hydrogen-bond acceptors (Lipinski definition) is 4. The maximum atomic E-state index is 10.2. The third-order valence-electron chi connectivity index (χ3n) is 4.19. The normalized spacial score (nSPS) is 10.2. The van der Waals surface area contributed by atoms with Gasteiger partial charge >= 0.3 is 11.9 Å². The third-order valence-corrected chi connectivity index (χ3v) is 4.19. The summed E-state index contributed by atoms with van der Waals surface area (Å²) in [5.74, 6) is -1.36. The predicted molar refractivity (Wildman–Crippen MR) is 107 cm³/mol. The van der Waals surface area contributed by atoms with E-state index in [9.17, 15) is 9.59 Å². The van der Waals surface area contributed by atoms with Gasteiger partial charge in [-0.25, -0.2) is 0 Å². The highest BCUT2D eigenvalue weighted by molar-refractivity contribution is 5.66. The molecule has 0 aromatic carbocycles. The van der Waals surface area contributed by atoms with Crippen molar-refractivity contribution < 1.29 is 19.8 Å². The van der Waals surface area contributed by atoms with Crippen LogP contribution in [0.5, 0.6) is 0 Å². The van der Waals surface area contributed by atoms with E-state index in [1.54, 1.807) is 0 Å². The number of nitrogens with two attached hydrogens (primary N) is 2. The Hall–Kier alpha value is -1.14. The van der Waals surface area contributed by atoms with Crippen molar-refractivity contribution in [3.63, 3.8) is 0 Å². The van der Waals surface area contributed by atoms with Crippen LogP contribution < -0.4 is 11.5 Å². The van der Waals surface area contributed by atoms with Crippen molar-refractivity contribution >= 4 is 11.9 Å². The Kier molecular flexibility index (Phi) is 24.9. The van der Waals surface area contributed by atoms with Gasteiger partial charge in [0.25, 0.3) is 0 Å². The first-order valence-electron chi connectivity index (χ1n) is 10.4. The Morgan fingerprint density at radius 2 is 0.692 bits per heavy atom. The van der Waals surface area contributed by atoms with Gasteiger partial charge in [-0.2, -0.15) is 0 Å². The molecule has 0 aliphatic carbocycles. The summed E-state index contributed by atoms with van der Waals surface area (Å²) >= 11 is 0. The van der Waals surface area contributed by atoms with Crippen LogP contribution in [0.3, 0.4) is 0 Å². The van der Waals surface area contributed by atoms with Gasteiger partial charge in [0.15, 0.2) is 0 Å². The zero-order chi connectivity index (χ0) is 19.9. The van der Waals surface area contributed by atoms with Crippen LogP contribution in [0.2, 0.25) is 0 Å². The minimum Gasteiger partial charge on any atom is -0.481 e. The van der Waals surface area contributed by atoms with E-state index in [0.29, 0.717) is 12.8 Å². The van der Waals surface area contributed by atoms with Crippen molar-refractivity contribution in [3.8, 4) is 0 Å². The van der Waals surface area contributed by atoms with E-state index in [4.69, 9.17) is 21.7 Å². The molecule has 0 aromatic heterocycles. The average Bonchev–Trinajstić information content (AvgIpc) is 2.59. The van der Waals surface area contributed by atoms with Crippen LogP contribution in [-0.4, -0.2) is 35.2 Å². The Bertz CT molecular complexity index is 312. The standard InChI is InChI=1S/C11H23NO2.C9H19NO2/c12-10-8-6-4-2-1-3-5-7-9-11(13)14;10-8-6-4-2-1-3-5-7-9(11)12/h1-10,12H2,(H,13,14);1-8,10H2,(H,11,12). The summed E-state index contributed by atoms with van der Waals surface area (Å²) in [6, 6.07) is 0. The van der Waals surface area contributed by atoms with Gasteiger partial charge in [-0.05, 0) is 38.8 Å². The first kappa shape index (κ1) is 27.1. The van der Waals surface area contributed by atoms with Crippen LogP contribution in [0.1, 0.15) is 103 Å². The minimum atomic E-state index is -0.683. The van der Waals surface area contributed by atoms with Crippen LogP contribution in [0.15, 0.2) is 0 Å². The molecule has 0 aromatic rings. The average molecular weight is 375 g/mol. The highest BCUT2D eigenvalue weighted by Gasteiger charge is 1.97. The molecular weight excluding hydrogens is 332 g/mol. The number of carbonyl (C=O) groups is 2. The van der Waals surface area contributed by atoms with E-state index < -0.39 is 11.9 Å². The summed E-state index contributed by atoms with van der Waals surface area (Å²) in [4.78, 5) is 20.3. The zero-order valence-corrected chi connectivity index (χ0v) is 16.6. The Morgan fingerprint density at radius 3 is 0.923 bits per heavy atom. The fourth-order valence-corrected chi connectivity index (χ4v) is 2.61. The molecule has 0 saturated carbocycles. The van der Waals surface area contributed by atoms with Crippen LogP contribution in [-0.2, 0) is 9.59 Å². The van der Waals surface area contributed by atoms with Crippen molar-refractivity contribution in [3.05, 3.63) is 0 Å². The van der Waals surface area contributed by atoms with Gasteiger partial charge in [0.2, 0.25) is 0 Å². The van der Waals surface area contributed by atoms with Gasteiger partial charge in [-0.15, -0.1) is 0 Å². The Labute approximate surface area is 159 Å². The first-order chi connectivity index (χ1) is 12.5. The van der Waals surface area contributed by atoms with Crippen molar-refractivity contribution in [1.29, 1.82) is 0 Å². The number of unbranched alkanes of at least 4 members (excludes halogenated alkanes) is 12. The molecular formula is C20H42N2O4. The monoisotopic (exact) mass is 374 g/mol. The van der Waals surface area contributed by atoms with Gasteiger partial charge in [0, 0.05) is 12.8 Å². The fraction of sp³-hybridized carbons (Fsp3) is 0.900. The summed E-state index contributed by atoms with van der Waals surface area (Å²) in [5, 5.41) is 16.7. The lowest BCUT2D eigenvalue weighted by Gasteiger charge is -2.00. The number of carboxylic acid groups (broad SMARTS) is 2. The molecule has 0 fully saturated rings. The second kappa shape index (κ2) is 23.9. The molecule has 0 saturated heterocycles. The van der Waals surface area contributed by atoms with E-state index >= 15 is 0 Å². The highest BCUT2D eigenvalue weighted by Crippen LogP contribution is 2.09. The molecule has 26 heavy (non-hydrogen) atoms. The number of aliphatic carboxylic acids is 2. The van der Waals surface area contributed by atoms with Crippen LogP contribution in [0, 0.1) is 0 Å². The molecule has 0 aliphatic rings. The van der Waals surface area contributed by atoms with Crippen LogP contribution >= 0.6 is 0 Å². The molecule has 156 valence electrons. The topological polar surface area (TPSA) is 127 Å². The van der Waals surface area contributed by atoms with Gasteiger partial charge in [0.05, 0.1) is 0 Å². The quantitative estimate of drug-likeness (QED) is 0.265. The second-order valence-electron chi connectivity index (χ2n) is 6.81. The summed E-state index contributed by atoms with van der Waals surface area (Å²) < 4.78 is 0. The van der Waals surface area contributed by atoms with E-state index in [0.717, 1.165) is 58.0 Å². The largest absolute Gasteiger partial charge is 0.481 e. The number of rotatable bonds is 18. The second-order valence-corrected chi connectivity index (χ2v) is 6.81. The van der Waals surface area contributed by atoms with Crippen LogP contribution in [0.25, 0.3) is 0 Å². The maximum Gasteiger partial charge on any atom is 0.303 e. The SMILES string of the molecule is NCCCCCCCCC(=O)O.NCCCCCCCCCCC(=O)O. The van der Waals surface area contributed by atoms with Gasteiger partial charge in [-0.3, -0.25) is 9.59 Å². The molecule has 0 unspecified atom stereocenters. The molecule has 0 radical (unpaired) electrons. The number of hydrogen-bond donors (Lipinski definition) is 4. The fourth-order valence-electron chi connectivity index (χ4n) is 2.61. The highest BCUT2D eigenvalue weighted by atomic mass is 16.4. The third kappa shape index (κ3) is 30.7. The van der Waals surface area contributed by atoms with E-state index in [1.807, 2.05) is 0 Å². The predicted octanol–water partition coefficient (Wildman–Crippen LogP) is 4.30. The maximum absolute atomic E-state index is 10.2. The van der Waals surface area contributed by atoms with E-state index in [2.05, 4.69) is 0 Å². The molecule has 0 amide bonds. The molecule has 6 N–H and O–H groups in total. The van der Waals surface area contributed by atoms with Crippen molar-refractivity contribution in [2.45, 2.75) is 103 Å². The molecule has 6 nitrogen and oxygen atoms in total. The smallest absolute Gasteiger partial charge is 0.303 e. The summed E-state index contributed by atoms with van der Waals surface area (Å²) in [6.07, 6.45) is 16.3. The summed E-state index contributed by atoms with van der Waals surface area (Å²) in [7, 11) is 0.